The van der Waals surface area contributed by atoms with Gasteiger partial charge in [-0.1, -0.05) is 6.07 Å². The number of halogens is 1. The van der Waals surface area contributed by atoms with E-state index in [0.717, 1.165) is 0 Å². The lowest BCUT2D eigenvalue weighted by molar-refractivity contribution is -0.121. The van der Waals surface area contributed by atoms with E-state index in [0.29, 0.717) is 5.69 Å². The molecule has 1 atom stereocenters. The van der Waals surface area contributed by atoms with Crippen molar-refractivity contribution in [3.05, 3.63) is 30.1 Å². The molecule has 0 saturated heterocycles. The zero-order valence-corrected chi connectivity index (χ0v) is 8.17. The van der Waals surface area contributed by atoms with Gasteiger partial charge in [-0.25, -0.2) is 4.39 Å². The average Bonchev–Trinajstić information content (AvgIpc) is 2.16. The van der Waals surface area contributed by atoms with E-state index in [1.807, 2.05) is 0 Å². The molecule has 0 aliphatic rings. The predicted octanol–water partition coefficient (Wildman–Crippen LogP) is 1.37. The van der Waals surface area contributed by atoms with Crippen LogP contribution in [-0.4, -0.2) is 19.0 Å². The van der Waals surface area contributed by atoms with Crippen molar-refractivity contribution in [1.82, 2.24) is 5.32 Å². The van der Waals surface area contributed by atoms with Crippen molar-refractivity contribution in [3.8, 4) is 0 Å². The van der Waals surface area contributed by atoms with Gasteiger partial charge in [-0.3, -0.25) is 4.79 Å². The molecule has 3 nitrogen and oxygen atoms in total. The maximum atomic E-state index is 12.8. The molecule has 0 aliphatic heterocycles. The highest BCUT2D eigenvalue weighted by Crippen LogP contribution is 2.10. The van der Waals surface area contributed by atoms with Gasteiger partial charge >= 0.3 is 0 Å². The van der Waals surface area contributed by atoms with Gasteiger partial charge in [0.15, 0.2) is 0 Å². The maximum Gasteiger partial charge on any atom is 0.241 e. The summed E-state index contributed by atoms with van der Waals surface area (Å²) in [6.45, 7) is 1.71. The Balaban J connectivity index is 2.64. The van der Waals surface area contributed by atoms with Crippen LogP contribution < -0.4 is 10.6 Å². The molecule has 0 heterocycles. The van der Waals surface area contributed by atoms with Crippen molar-refractivity contribution in [1.29, 1.82) is 0 Å². The third-order valence-corrected chi connectivity index (χ3v) is 1.85. The molecular formula is C10H13FN2O. The first-order chi connectivity index (χ1) is 6.63. The molecule has 0 fully saturated rings. The SMILES string of the molecule is CNC(=O)C(C)Nc1cccc(F)c1. The second-order valence-electron chi connectivity index (χ2n) is 2.99. The van der Waals surface area contributed by atoms with Gasteiger partial charge in [0, 0.05) is 12.7 Å². The minimum atomic E-state index is -0.373. The molecule has 14 heavy (non-hydrogen) atoms. The van der Waals surface area contributed by atoms with Crippen LogP contribution >= 0.6 is 0 Å². The normalized spacial score (nSPS) is 11.9. The highest BCUT2D eigenvalue weighted by atomic mass is 19.1. The highest BCUT2D eigenvalue weighted by Gasteiger charge is 2.09. The van der Waals surface area contributed by atoms with Crippen LogP contribution in [0.3, 0.4) is 0 Å². The molecule has 0 bridgehead atoms. The van der Waals surface area contributed by atoms with Crippen molar-refractivity contribution >= 4 is 11.6 Å². The van der Waals surface area contributed by atoms with Crippen LogP contribution in [-0.2, 0) is 4.79 Å². The predicted molar refractivity (Wildman–Crippen MR) is 53.6 cm³/mol. The summed E-state index contributed by atoms with van der Waals surface area (Å²) in [5.74, 6) is -0.451. The van der Waals surface area contributed by atoms with Crippen LogP contribution in [0.2, 0.25) is 0 Å². The number of carbonyl (C=O) groups excluding carboxylic acids is 1. The minimum absolute atomic E-state index is 0.130. The Morgan fingerprint density at radius 3 is 2.79 bits per heavy atom. The number of anilines is 1. The van der Waals surface area contributed by atoms with Gasteiger partial charge in [-0.2, -0.15) is 0 Å². The smallest absolute Gasteiger partial charge is 0.241 e. The minimum Gasteiger partial charge on any atom is -0.374 e. The van der Waals surface area contributed by atoms with Gasteiger partial charge < -0.3 is 10.6 Å². The highest BCUT2D eigenvalue weighted by molar-refractivity contribution is 5.83. The summed E-state index contributed by atoms with van der Waals surface area (Å²) in [5.41, 5.74) is 0.598. The van der Waals surface area contributed by atoms with Crippen LogP contribution in [0.1, 0.15) is 6.92 Å². The average molecular weight is 196 g/mol. The molecule has 1 amide bonds. The summed E-state index contributed by atoms with van der Waals surface area (Å²) in [4.78, 5) is 11.1. The zero-order chi connectivity index (χ0) is 10.6. The topological polar surface area (TPSA) is 41.1 Å². The van der Waals surface area contributed by atoms with E-state index in [2.05, 4.69) is 10.6 Å². The van der Waals surface area contributed by atoms with Gasteiger partial charge in [0.1, 0.15) is 11.9 Å². The number of amides is 1. The van der Waals surface area contributed by atoms with E-state index in [-0.39, 0.29) is 17.8 Å². The molecule has 1 aromatic carbocycles. The summed E-state index contributed by atoms with van der Waals surface area (Å²) in [6, 6.07) is 5.63. The molecule has 0 saturated carbocycles. The number of benzene rings is 1. The number of carbonyl (C=O) groups is 1. The Labute approximate surface area is 82.3 Å². The van der Waals surface area contributed by atoms with Crippen molar-refractivity contribution in [3.63, 3.8) is 0 Å². The molecule has 0 aliphatic carbocycles. The fraction of sp³-hybridized carbons (Fsp3) is 0.300. The van der Waals surface area contributed by atoms with Crippen LogP contribution in [0.25, 0.3) is 0 Å². The van der Waals surface area contributed by atoms with E-state index >= 15 is 0 Å². The number of likely N-dealkylation sites (N-methyl/N-ethyl adjacent to an activating group) is 1. The Morgan fingerprint density at radius 2 is 2.21 bits per heavy atom. The van der Waals surface area contributed by atoms with Crippen molar-refractivity contribution in [2.75, 3.05) is 12.4 Å². The molecule has 1 unspecified atom stereocenters. The Morgan fingerprint density at radius 1 is 1.50 bits per heavy atom. The molecule has 0 spiro atoms. The van der Waals surface area contributed by atoms with E-state index in [1.54, 1.807) is 26.1 Å². The van der Waals surface area contributed by atoms with Gasteiger partial charge in [0.05, 0.1) is 0 Å². The molecule has 0 aromatic heterocycles. The summed E-state index contributed by atoms with van der Waals surface area (Å²) in [5, 5.41) is 5.39. The quantitative estimate of drug-likeness (QED) is 0.766. The van der Waals surface area contributed by atoms with Crippen LogP contribution in [0.15, 0.2) is 24.3 Å². The van der Waals surface area contributed by atoms with E-state index in [1.165, 1.54) is 12.1 Å². The second-order valence-corrected chi connectivity index (χ2v) is 2.99. The number of rotatable bonds is 3. The lowest BCUT2D eigenvalue weighted by atomic mass is 10.2. The molecular weight excluding hydrogens is 183 g/mol. The van der Waals surface area contributed by atoms with Crippen molar-refractivity contribution < 1.29 is 9.18 Å². The van der Waals surface area contributed by atoms with Gasteiger partial charge in [0.2, 0.25) is 5.91 Å². The third kappa shape index (κ3) is 2.73. The fourth-order valence-electron chi connectivity index (χ4n) is 1.11. The molecule has 1 rings (SSSR count). The number of hydrogen-bond donors (Lipinski definition) is 2. The van der Waals surface area contributed by atoms with Crippen LogP contribution in [0, 0.1) is 5.82 Å². The van der Waals surface area contributed by atoms with Gasteiger partial charge in [0.25, 0.3) is 0 Å². The van der Waals surface area contributed by atoms with Crippen LogP contribution in [0.4, 0.5) is 10.1 Å². The van der Waals surface area contributed by atoms with Crippen molar-refractivity contribution in [2.45, 2.75) is 13.0 Å². The molecule has 1 aromatic rings. The Kier molecular flexibility index (Phi) is 3.45. The summed E-state index contributed by atoms with van der Waals surface area (Å²) in [6.07, 6.45) is 0. The largest absolute Gasteiger partial charge is 0.374 e. The molecule has 4 heteroatoms. The van der Waals surface area contributed by atoms with Crippen LogP contribution in [0.5, 0.6) is 0 Å². The van der Waals surface area contributed by atoms with Gasteiger partial charge in [-0.15, -0.1) is 0 Å². The third-order valence-electron chi connectivity index (χ3n) is 1.85. The number of nitrogens with one attached hydrogen (secondary N) is 2. The summed E-state index contributed by atoms with van der Waals surface area (Å²) < 4.78 is 12.8. The first-order valence-electron chi connectivity index (χ1n) is 4.37. The van der Waals surface area contributed by atoms with Gasteiger partial charge in [-0.05, 0) is 25.1 Å². The van der Waals surface area contributed by atoms with E-state index < -0.39 is 0 Å². The maximum absolute atomic E-state index is 12.8. The monoisotopic (exact) mass is 196 g/mol. The molecule has 76 valence electrons. The fourth-order valence-corrected chi connectivity index (χ4v) is 1.11. The first kappa shape index (κ1) is 10.5. The second kappa shape index (κ2) is 4.60. The molecule has 0 radical (unpaired) electrons. The first-order valence-corrected chi connectivity index (χ1v) is 4.37. The molecule has 2 N–H and O–H groups in total. The van der Waals surface area contributed by atoms with E-state index in [4.69, 9.17) is 0 Å². The summed E-state index contributed by atoms with van der Waals surface area (Å²) >= 11 is 0. The standard InChI is InChI=1S/C10H13FN2O/c1-7(10(14)12-2)13-9-5-3-4-8(11)6-9/h3-7,13H,1-2H3,(H,12,14). The Hall–Kier alpha value is -1.58. The van der Waals surface area contributed by atoms with Crippen molar-refractivity contribution in [2.24, 2.45) is 0 Å². The zero-order valence-electron chi connectivity index (χ0n) is 8.17. The van der Waals surface area contributed by atoms with E-state index in [9.17, 15) is 9.18 Å². The number of hydrogen-bond acceptors (Lipinski definition) is 2. The lowest BCUT2D eigenvalue weighted by Crippen LogP contribution is -2.35. The summed E-state index contributed by atoms with van der Waals surface area (Å²) in [7, 11) is 1.56. The Bertz CT molecular complexity index is 328. The lowest BCUT2D eigenvalue weighted by Gasteiger charge is -2.13.